The van der Waals surface area contributed by atoms with Gasteiger partial charge in [0.05, 0.1) is 18.1 Å². The fourth-order valence-electron chi connectivity index (χ4n) is 1.41. The molecule has 0 amide bonds. The third-order valence-corrected chi connectivity index (χ3v) is 2.27. The molecule has 1 aromatic carbocycles. The second-order valence-corrected chi connectivity index (χ2v) is 3.49. The number of methoxy groups -OCH3 is 1. The van der Waals surface area contributed by atoms with Crippen molar-refractivity contribution in [3.63, 3.8) is 0 Å². The van der Waals surface area contributed by atoms with E-state index in [0.29, 0.717) is 5.75 Å². The zero-order valence-corrected chi connectivity index (χ0v) is 9.87. The Morgan fingerprint density at radius 3 is 2.74 bits per heavy atom. The topological polar surface area (TPSA) is 74.5 Å². The molecule has 0 aliphatic rings. The Kier molecular flexibility index (Phi) is 3.56. The van der Waals surface area contributed by atoms with Gasteiger partial charge in [0.2, 0.25) is 17.6 Å². The lowest BCUT2D eigenvalue weighted by molar-refractivity contribution is -0.385. The molecule has 7 heteroatoms. The number of hydrogen-bond acceptors (Lipinski definition) is 5. The maximum absolute atomic E-state index is 12.9. The molecule has 0 radical (unpaired) electrons. The van der Waals surface area contributed by atoms with E-state index >= 15 is 0 Å². The fraction of sp³-hybridized carbons (Fsp3) is 0.0833. The van der Waals surface area contributed by atoms with Crippen LogP contribution in [0.5, 0.6) is 17.4 Å². The molecule has 0 spiro atoms. The van der Waals surface area contributed by atoms with Crippen molar-refractivity contribution in [2.24, 2.45) is 0 Å². The largest absolute Gasteiger partial charge is 0.496 e. The fourth-order valence-corrected chi connectivity index (χ4v) is 1.41. The summed E-state index contributed by atoms with van der Waals surface area (Å²) in [5.41, 5.74) is -0.287. The van der Waals surface area contributed by atoms with Crippen molar-refractivity contribution in [1.29, 1.82) is 0 Å². The molecule has 19 heavy (non-hydrogen) atoms. The summed E-state index contributed by atoms with van der Waals surface area (Å²) in [6.07, 6.45) is 0. The lowest BCUT2D eigenvalue weighted by Gasteiger charge is -2.06. The smallest absolute Gasteiger partial charge is 0.315 e. The molecule has 0 unspecified atom stereocenters. The molecule has 0 fully saturated rings. The number of nitro groups is 1. The van der Waals surface area contributed by atoms with Crippen LogP contribution in [0.15, 0.2) is 36.4 Å². The van der Waals surface area contributed by atoms with Crippen LogP contribution in [0.3, 0.4) is 0 Å². The monoisotopic (exact) mass is 264 g/mol. The van der Waals surface area contributed by atoms with E-state index in [0.717, 1.165) is 6.07 Å². The van der Waals surface area contributed by atoms with Crippen LogP contribution in [0.2, 0.25) is 0 Å². The van der Waals surface area contributed by atoms with Crippen molar-refractivity contribution < 1.29 is 18.8 Å². The van der Waals surface area contributed by atoms with Gasteiger partial charge in [0, 0.05) is 6.07 Å². The molecule has 0 saturated carbocycles. The Labute approximate surface area is 107 Å². The van der Waals surface area contributed by atoms with Gasteiger partial charge >= 0.3 is 5.69 Å². The first kappa shape index (κ1) is 12.7. The Balaban J connectivity index is 2.36. The minimum atomic E-state index is -0.728. The van der Waals surface area contributed by atoms with Crippen LogP contribution in [0.1, 0.15) is 0 Å². The van der Waals surface area contributed by atoms with Crippen LogP contribution in [0.25, 0.3) is 0 Å². The Hall–Kier alpha value is -2.70. The highest BCUT2D eigenvalue weighted by Crippen LogP contribution is 2.33. The number of benzene rings is 1. The number of aromatic nitrogens is 1. The predicted molar refractivity (Wildman–Crippen MR) is 63.9 cm³/mol. The molecule has 1 aromatic heterocycles. The summed E-state index contributed by atoms with van der Waals surface area (Å²) in [6, 6.07) is 8.03. The number of nitro benzene ring substituents is 1. The van der Waals surface area contributed by atoms with Gasteiger partial charge in [-0.15, -0.1) is 0 Å². The summed E-state index contributed by atoms with van der Waals surface area (Å²) in [4.78, 5) is 13.8. The Morgan fingerprint density at radius 1 is 1.32 bits per heavy atom. The summed E-state index contributed by atoms with van der Waals surface area (Å²) in [6.45, 7) is 0. The van der Waals surface area contributed by atoms with E-state index in [4.69, 9.17) is 9.47 Å². The van der Waals surface area contributed by atoms with E-state index in [2.05, 4.69) is 4.98 Å². The lowest BCUT2D eigenvalue weighted by atomic mass is 10.3. The standard InChI is InChI=1S/C12H9FN2O4/c1-18-8-5-6-10(9(7-8)15(16)17)19-12-4-2-3-11(13)14-12/h2-7H,1H3. The van der Waals surface area contributed by atoms with E-state index in [1.165, 1.54) is 37.4 Å². The molecule has 98 valence electrons. The molecular weight excluding hydrogens is 255 g/mol. The quantitative estimate of drug-likeness (QED) is 0.482. The van der Waals surface area contributed by atoms with Crippen molar-refractivity contribution in [2.45, 2.75) is 0 Å². The van der Waals surface area contributed by atoms with E-state index in [9.17, 15) is 14.5 Å². The number of ether oxygens (including phenoxy) is 2. The molecule has 6 nitrogen and oxygen atoms in total. The van der Waals surface area contributed by atoms with Crippen molar-refractivity contribution in [1.82, 2.24) is 4.98 Å². The molecule has 0 saturated heterocycles. The summed E-state index contributed by atoms with van der Waals surface area (Å²) in [5, 5.41) is 10.9. The zero-order chi connectivity index (χ0) is 13.8. The number of halogens is 1. The van der Waals surface area contributed by atoms with Crippen LogP contribution in [-0.4, -0.2) is 17.0 Å². The molecular formula is C12H9FN2O4. The van der Waals surface area contributed by atoms with Crippen molar-refractivity contribution in [2.75, 3.05) is 7.11 Å². The van der Waals surface area contributed by atoms with Gasteiger partial charge in [-0.05, 0) is 18.2 Å². The van der Waals surface area contributed by atoms with Gasteiger partial charge in [0.1, 0.15) is 5.75 Å². The van der Waals surface area contributed by atoms with Gasteiger partial charge < -0.3 is 9.47 Å². The summed E-state index contributed by atoms with van der Waals surface area (Å²) in [5.74, 6) is -0.503. The van der Waals surface area contributed by atoms with Crippen LogP contribution in [0, 0.1) is 16.1 Å². The Bertz CT molecular complexity index is 618. The minimum Gasteiger partial charge on any atom is -0.496 e. The molecule has 0 atom stereocenters. The van der Waals surface area contributed by atoms with Crippen LogP contribution >= 0.6 is 0 Å². The number of rotatable bonds is 4. The first-order chi connectivity index (χ1) is 9.10. The summed E-state index contributed by atoms with van der Waals surface area (Å²) in [7, 11) is 1.40. The SMILES string of the molecule is COc1ccc(Oc2cccc(F)n2)c([N+](=O)[O-])c1. The molecule has 0 bridgehead atoms. The molecule has 2 rings (SSSR count). The highest BCUT2D eigenvalue weighted by Gasteiger charge is 2.17. The average molecular weight is 264 g/mol. The molecule has 0 aliphatic carbocycles. The second kappa shape index (κ2) is 5.30. The van der Waals surface area contributed by atoms with Gasteiger partial charge in [-0.25, -0.2) is 0 Å². The van der Waals surface area contributed by atoms with Gasteiger partial charge in [0.15, 0.2) is 0 Å². The summed E-state index contributed by atoms with van der Waals surface area (Å²) < 4.78 is 23.0. The van der Waals surface area contributed by atoms with E-state index in [1.807, 2.05) is 0 Å². The molecule has 1 heterocycles. The van der Waals surface area contributed by atoms with Gasteiger partial charge in [-0.2, -0.15) is 9.37 Å². The number of nitrogens with zero attached hydrogens (tertiary/aromatic N) is 2. The molecule has 0 N–H and O–H groups in total. The van der Waals surface area contributed by atoms with Gasteiger partial charge in [0.25, 0.3) is 0 Å². The maximum Gasteiger partial charge on any atom is 0.315 e. The van der Waals surface area contributed by atoms with Crippen LogP contribution < -0.4 is 9.47 Å². The minimum absolute atomic E-state index is 0.0381. The first-order valence-corrected chi connectivity index (χ1v) is 5.23. The second-order valence-electron chi connectivity index (χ2n) is 3.49. The third kappa shape index (κ3) is 2.95. The number of hydrogen-bond donors (Lipinski definition) is 0. The van der Waals surface area contributed by atoms with Crippen molar-refractivity contribution in [3.8, 4) is 17.4 Å². The van der Waals surface area contributed by atoms with Crippen LogP contribution in [-0.2, 0) is 0 Å². The average Bonchev–Trinajstić information content (AvgIpc) is 2.39. The summed E-state index contributed by atoms with van der Waals surface area (Å²) >= 11 is 0. The normalized spacial score (nSPS) is 10.0. The highest BCUT2D eigenvalue weighted by molar-refractivity contribution is 5.52. The lowest BCUT2D eigenvalue weighted by Crippen LogP contribution is -1.96. The van der Waals surface area contributed by atoms with Gasteiger partial charge in [-0.1, -0.05) is 6.07 Å². The predicted octanol–water partition coefficient (Wildman–Crippen LogP) is 2.93. The third-order valence-electron chi connectivity index (χ3n) is 2.27. The van der Waals surface area contributed by atoms with E-state index in [-0.39, 0.29) is 17.3 Å². The Morgan fingerprint density at radius 2 is 2.11 bits per heavy atom. The van der Waals surface area contributed by atoms with Crippen LogP contribution in [0.4, 0.5) is 10.1 Å². The highest BCUT2D eigenvalue weighted by atomic mass is 19.1. The maximum atomic E-state index is 12.9. The first-order valence-electron chi connectivity index (χ1n) is 5.23. The van der Waals surface area contributed by atoms with Gasteiger partial charge in [-0.3, -0.25) is 10.1 Å². The number of pyridine rings is 1. The molecule has 0 aliphatic heterocycles. The van der Waals surface area contributed by atoms with E-state index in [1.54, 1.807) is 0 Å². The van der Waals surface area contributed by atoms with Crippen molar-refractivity contribution in [3.05, 3.63) is 52.5 Å². The van der Waals surface area contributed by atoms with E-state index < -0.39 is 10.9 Å². The van der Waals surface area contributed by atoms with Crippen molar-refractivity contribution >= 4 is 5.69 Å². The molecule has 2 aromatic rings. The zero-order valence-electron chi connectivity index (χ0n) is 9.87.